The van der Waals surface area contributed by atoms with E-state index in [4.69, 9.17) is 17.2 Å². The maximum atomic E-state index is 13.0. The molecular formula is C19H31N9O5. The van der Waals surface area contributed by atoms with Crippen LogP contribution in [0.15, 0.2) is 17.5 Å². The monoisotopic (exact) mass is 465 g/mol. The van der Waals surface area contributed by atoms with E-state index in [9.17, 15) is 24.3 Å². The maximum absolute atomic E-state index is 13.0. The number of imidazole rings is 1. The fourth-order valence-electron chi connectivity index (χ4n) is 3.52. The number of carbonyl (C=O) groups excluding carboxylic acids is 3. The van der Waals surface area contributed by atoms with Crippen molar-refractivity contribution in [2.24, 2.45) is 22.2 Å². The highest BCUT2D eigenvalue weighted by Gasteiger charge is 2.37. The Morgan fingerprint density at radius 1 is 1.33 bits per heavy atom. The minimum absolute atomic E-state index is 0.0958. The number of hydrogen-bond donors (Lipinski definition) is 7. The molecule has 3 unspecified atom stereocenters. The number of guanidine groups is 1. The summed E-state index contributed by atoms with van der Waals surface area (Å²) < 4.78 is 0. The summed E-state index contributed by atoms with van der Waals surface area (Å²) in [7, 11) is 0. The standard InChI is InChI=1S/C19H31N9O5/c20-12(7-11-8-23-10-26-11)16(30)25-9-15(29)27-13(3-1-5-24-19(21)22)17(31)28-6-2-4-14(28)18(32)33/h8,10,12-14H,1-7,9,20H2,(H,23,26)(H,25,30)(H,27,29)(H,32,33)(H4,21,22,24). The van der Waals surface area contributed by atoms with Crippen molar-refractivity contribution in [2.45, 2.75) is 50.2 Å². The van der Waals surface area contributed by atoms with Gasteiger partial charge >= 0.3 is 5.97 Å². The third-order valence-electron chi connectivity index (χ3n) is 5.15. The number of H-pyrrole nitrogens is 1. The fraction of sp³-hybridized carbons (Fsp3) is 0.579. The number of aliphatic imine (C=N–C) groups is 1. The predicted octanol–water partition coefficient (Wildman–Crippen LogP) is -2.99. The summed E-state index contributed by atoms with van der Waals surface area (Å²) in [5, 5.41) is 14.4. The molecule has 1 aromatic rings. The lowest BCUT2D eigenvalue weighted by atomic mass is 10.1. The molecule has 182 valence electrons. The van der Waals surface area contributed by atoms with E-state index in [1.165, 1.54) is 11.2 Å². The minimum Gasteiger partial charge on any atom is -0.480 e. The quantitative estimate of drug-likeness (QED) is 0.0945. The number of amides is 3. The van der Waals surface area contributed by atoms with Crippen molar-refractivity contribution in [3.05, 3.63) is 18.2 Å². The number of carbonyl (C=O) groups is 4. The summed E-state index contributed by atoms with van der Waals surface area (Å²) in [5.74, 6) is -2.84. The molecule has 0 aromatic carbocycles. The number of aromatic amines is 1. The fourth-order valence-corrected chi connectivity index (χ4v) is 3.52. The first-order valence-electron chi connectivity index (χ1n) is 10.6. The Hall–Kier alpha value is -3.68. The Labute approximate surface area is 190 Å². The summed E-state index contributed by atoms with van der Waals surface area (Å²) in [6.45, 7) is 0.133. The molecule has 0 bridgehead atoms. The van der Waals surface area contributed by atoms with Gasteiger partial charge in [0.2, 0.25) is 17.7 Å². The van der Waals surface area contributed by atoms with Gasteiger partial charge in [-0.05, 0) is 25.7 Å². The van der Waals surface area contributed by atoms with Crippen LogP contribution in [-0.2, 0) is 25.6 Å². The summed E-state index contributed by atoms with van der Waals surface area (Å²) in [6.07, 6.45) is 4.69. The van der Waals surface area contributed by atoms with Gasteiger partial charge in [-0.3, -0.25) is 19.4 Å². The van der Waals surface area contributed by atoms with E-state index < -0.39 is 48.4 Å². The van der Waals surface area contributed by atoms with E-state index in [-0.39, 0.29) is 31.9 Å². The zero-order valence-electron chi connectivity index (χ0n) is 18.2. The normalized spacial score (nSPS) is 17.1. The van der Waals surface area contributed by atoms with Gasteiger partial charge in [-0.15, -0.1) is 0 Å². The van der Waals surface area contributed by atoms with E-state index in [1.54, 1.807) is 6.20 Å². The van der Waals surface area contributed by atoms with Gasteiger partial charge in [0, 0.05) is 31.4 Å². The zero-order chi connectivity index (χ0) is 24.4. The molecule has 2 rings (SSSR count). The lowest BCUT2D eigenvalue weighted by Crippen LogP contribution is -2.54. The van der Waals surface area contributed by atoms with Crippen LogP contribution in [0, 0.1) is 0 Å². The number of aliphatic carboxylic acids is 1. The molecule has 10 N–H and O–H groups in total. The van der Waals surface area contributed by atoms with Crippen molar-refractivity contribution < 1.29 is 24.3 Å². The lowest BCUT2D eigenvalue weighted by molar-refractivity contribution is -0.149. The highest BCUT2D eigenvalue weighted by atomic mass is 16.4. The first-order valence-corrected chi connectivity index (χ1v) is 10.6. The third-order valence-corrected chi connectivity index (χ3v) is 5.15. The van der Waals surface area contributed by atoms with E-state index in [1.807, 2.05) is 0 Å². The van der Waals surface area contributed by atoms with Crippen molar-refractivity contribution in [3.63, 3.8) is 0 Å². The molecule has 1 fully saturated rings. The molecule has 0 aliphatic carbocycles. The number of nitrogens with two attached hydrogens (primary N) is 3. The third kappa shape index (κ3) is 8.07. The Bertz CT molecular complexity index is 854. The Morgan fingerprint density at radius 2 is 2.09 bits per heavy atom. The number of hydrogen-bond acceptors (Lipinski definition) is 7. The van der Waals surface area contributed by atoms with Gasteiger partial charge in [0.1, 0.15) is 12.1 Å². The average molecular weight is 466 g/mol. The molecule has 0 radical (unpaired) electrons. The first-order chi connectivity index (χ1) is 15.7. The Kier molecular flexibility index (Phi) is 9.60. The summed E-state index contributed by atoms with van der Waals surface area (Å²) in [5.41, 5.74) is 17.1. The second-order valence-corrected chi connectivity index (χ2v) is 7.70. The summed E-state index contributed by atoms with van der Waals surface area (Å²) in [4.78, 5) is 60.8. The predicted molar refractivity (Wildman–Crippen MR) is 117 cm³/mol. The van der Waals surface area contributed by atoms with Crippen molar-refractivity contribution >= 4 is 29.7 Å². The molecule has 3 atom stereocenters. The van der Waals surface area contributed by atoms with Crippen LogP contribution in [0.25, 0.3) is 0 Å². The van der Waals surface area contributed by atoms with E-state index in [2.05, 4.69) is 25.6 Å². The smallest absolute Gasteiger partial charge is 0.326 e. The lowest BCUT2D eigenvalue weighted by Gasteiger charge is -2.27. The van der Waals surface area contributed by atoms with E-state index in [0.717, 1.165) is 0 Å². The second kappa shape index (κ2) is 12.4. The number of rotatable bonds is 12. The van der Waals surface area contributed by atoms with Gasteiger partial charge in [-0.1, -0.05) is 0 Å². The van der Waals surface area contributed by atoms with Crippen LogP contribution in [0.4, 0.5) is 0 Å². The van der Waals surface area contributed by atoms with Gasteiger partial charge < -0.3 is 42.8 Å². The van der Waals surface area contributed by atoms with Crippen LogP contribution < -0.4 is 27.8 Å². The van der Waals surface area contributed by atoms with Crippen molar-refractivity contribution in [1.29, 1.82) is 0 Å². The number of likely N-dealkylation sites (tertiary alicyclic amines) is 1. The minimum atomic E-state index is -1.09. The van der Waals surface area contributed by atoms with Crippen LogP contribution >= 0.6 is 0 Å². The summed E-state index contributed by atoms with van der Waals surface area (Å²) >= 11 is 0. The van der Waals surface area contributed by atoms with E-state index in [0.29, 0.717) is 25.0 Å². The molecular weight excluding hydrogens is 434 g/mol. The molecule has 0 saturated carbocycles. The number of nitrogens with one attached hydrogen (secondary N) is 3. The van der Waals surface area contributed by atoms with Gasteiger partial charge in [-0.25, -0.2) is 9.78 Å². The van der Waals surface area contributed by atoms with Crippen molar-refractivity contribution in [1.82, 2.24) is 25.5 Å². The molecule has 0 spiro atoms. The van der Waals surface area contributed by atoms with Crippen molar-refractivity contribution in [2.75, 3.05) is 19.6 Å². The van der Waals surface area contributed by atoms with Crippen LogP contribution in [0.2, 0.25) is 0 Å². The molecule has 33 heavy (non-hydrogen) atoms. The number of carboxylic acid groups (broad SMARTS) is 1. The molecule has 2 heterocycles. The maximum Gasteiger partial charge on any atom is 0.326 e. The largest absolute Gasteiger partial charge is 0.480 e. The second-order valence-electron chi connectivity index (χ2n) is 7.70. The first kappa shape index (κ1) is 25.6. The van der Waals surface area contributed by atoms with E-state index >= 15 is 0 Å². The molecule has 1 aromatic heterocycles. The zero-order valence-corrected chi connectivity index (χ0v) is 18.2. The molecule has 14 heteroatoms. The van der Waals surface area contributed by atoms with Gasteiger partial charge in [0.15, 0.2) is 5.96 Å². The topological polar surface area (TPSA) is 235 Å². The van der Waals surface area contributed by atoms with Crippen LogP contribution in [-0.4, -0.2) is 87.4 Å². The average Bonchev–Trinajstić information content (AvgIpc) is 3.45. The molecule has 3 amide bonds. The molecule has 1 aliphatic rings. The molecule has 1 saturated heterocycles. The van der Waals surface area contributed by atoms with Gasteiger partial charge in [0.25, 0.3) is 0 Å². The van der Waals surface area contributed by atoms with Gasteiger partial charge in [0.05, 0.1) is 18.9 Å². The number of aromatic nitrogens is 2. The highest BCUT2D eigenvalue weighted by molar-refractivity contribution is 5.92. The SMILES string of the molecule is NC(N)=NCCCC(NC(=O)CNC(=O)C(N)Cc1cnc[nH]1)C(=O)N1CCCC1C(=O)O. The van der Waals surface area contributed by atoms with Crippen LogP contribution in [0.5, 0.6) is 0 Å². The van der Waals surface area contributed by atoms with Gasteiger partial charge in [-0.2, -0.15) is 0 Å². The van der Waals surface area contributed by atoms with Crippen molar-refractivity contribution in [3.8, 4) is 0 Å². The number of nitrogens with zero attached hydrogens (tertiary/aromatic N) is 3. The summed E-state index contributed by atoms with van der Waals surface area (Å²) in [6, 6.07) is -2.81. The molecule has 1 aliphatic heterocycles. The van der Waals surface area contributed by atoms with Crippen LogP contribution in [0.3, 0.4) is 0 Å². The highest BCUT2D eigenvalue weighted by Crippen LogP contribution is 2.19. The Balaban J connectivity index is 1.93. The van der Waals surface area contributed by atoms with Crippen LogP contribution in [0.1, 0.15) is 31.4 Å². The molecule has 14 nitrogen and oxygen atoms in total. The Morgan fingerprint density at radius 3 is 2.73 bits per heavy atom. The number of carboxylic acids is 1.